The number of aliphatic imine (C=N–C) groups is 1. The predicted octanol–water partition coefficient (Wildman–Crippen LogP) is 9.49. The van der Waals surface area contributed by atoms with Crippen molar-refractivity contribution in [2.24, 2.45) is 4.99 Å². The number of nitrogens with one attached hydrogen (secondary N) is 2. The van der Waals surface area contributed by atoms with E-state index in [-0.39, 0.29) is 12.3 Å². The highest BCUT2D eigenvalue weighted by molar-refractivity contribution is 6.10. The molecule has 0 radical (unpaired) electrons. The van der Waals surface area contributed by atoms with Crippen LogP contribution in [0, 0.1) is 0 Å². The Bertz CT molecular complexity index is 2350. The van der Waals surface area contributed by atoms with E-state index in [1.165, 1.54) is 0 Å². The maximum atomic E-state index is 6.46. The number of fused-ring (bicyclic) bond motifs is 6. The van der Waals surface area contributed by atoms with Crippen LogP contribution in [0.25, 0.3) is 55.0 Å². The summed E-state index contributed by atoms with van der Waals surface area (Å²) in [5.74, 6) is 0.830. The molecule has 3 heterocycles. The minimum Gasteiger partial charge on any atom is -0.456 e. The summed E-state index contributed by atoms with van der Waals surface area (Å²) < 4.78 is 12.9. The van der Waals surface area contributed by atoms with E-state index in [9.17, 15) is 0 Å². The molecule has 0 amide bonds. The summed E-state index contributed by atoms with van der Waals surface area (Å²) in [6.45, 7) is 0. The third kappa shape index (κ3) is 4.02. The van der Waals surface area contributed by atoms with Gasteiger partial charge < -0.3 is 14.2 Å². The van der Waals surface area contributed by atoms with Crippen LogP contribution in [-0.2, 0) is 0 Å². The lowest BCUT2D eigenvalue weighted by molar-refractivity contribution is 0.408. The Morgan fingerprint density at radius 2 is 1.18 bits per heavy atom. The van der Waals surface area contributed by atoms with E-state index in [1.54, 1.807) is 0 Å². The summed E-state index contributed by atoms with van der Waals surface area (Å²) in [6.07, 6.45) is -0.541. The maximum Gasteiger partial charge on any atom is 0.143 e. The first-order valence-corrected chi connectivity index (χ1v) is 14.9. The van der Waals surface area contributed by atoms with Gasteiger partial charge in [0.2, 0.25) is 0 Å². The molecule has 5 heteroatoms. The van der Waals surface area contributed by atoms with E-state index < -0.39 is 0 Å². The van der Waals surface area contributed by atoms with Crippen LogP contribution < -0.4 is 10.6 Å². The fourth-order valence-corrected chi connectivity index (χ4v) is 6.46. The number of amidine groups is 1. The largest absolute Gasteiger partial charge is 0.456 e. The lowest BCUT2D eigenvalue weighted by atomic mass is 10.0. The Morgan fingerprint density at radius 3 is 2.02 bits per heavy atom. The highest BCUT2D eigenvalue weighted by Crippen LogP contribution is 2.38. The zero-order valence-electron chi connectivity index (χ0n) is 23.7. The van der Waals surface area contributed by atoms with Crippen LogP contribution in [0.1, 0.15) is 29.0 Å². The molecular weight excluding hydrogens is 542 g/mol. The van der Waals surface area contributed by atoms with E-state index in [4.69, 9.17) is 13.8 Å². The highest BCUT2D eigenvalue weighted by atomic mass is 16.3. The first kappa shape index (κ1) is 24.9. The maximum absolute atomic E-state index is 6.46. The predicted molar refractivity (Wildman–Crippen MR) is 178 cm³/mol. The zero-order valence-corrected chi connectivity index (χ0v) is 23.7. The summed E-state index contributed by atoms with van der Waals surface area (Å²) in [6, 6.07) is 48.0. The molecule has 2 aromatic heterocycles. The van der Waals surface area contributed by atoms with Crippen LogP contribution in [0.3, 0.4) is 0 Å². The van der Waals surface area contributed by atoms with Gasteiger partial charge in [0.15, 0.2) is 0 Å². The van der Waals surface area contributed by atoms with Crippen molar-refractivity contribution in [3.63, 3.8) is 0 Å². The van der Waals surface area contributed by atoms with Crippen molar-refractivity contribution in [2.45, 2.75) is 12.3 Å². The molecule has 0 spiro atoms. The molecule has 5 nitrogen and oxygen atoms in total. The van der Waals surface area contributed by atoms with Gasteiger partial charge in [0.25, 0.3) is 0 Å². The number of nitrogens with zero attached hydrogens (tertiary/aromatic N) is 1. The molecule has 8 aromatic rings. The van der Waals surface area contributed by atoms with Gasteiger partial charge in [0.05, 0.1) is 0 Å². The van der Waals surface area contributed by atoms with Crippen LogP contribution in [0.5, 0.6) is 0 Å². The third-order valence-electron chi connectivity index (χ3n) is 8.58. The molecule has 44 heavy (non-hydrogen) atoms. The molecule has 9 rings (SSSR count). The van der Waals surface area contributed by atoms with Gasteiger partial charge in [-0.2, -0.15) is 0 Å². The molecule has 0 fully saturated rings. The molecule has 1 aliphatic heterocycles. The van der Waals surface area contributed by atoms with Crippen molar-refractivity contribution in [3.8, 4) is 11.1 Å². The molecule has 0 bridgehead atoms. The number of para-hydroxylation sites is 3. The van der Waals surface area contributed by atoms with Gasteiger partial charge in [-0.15, -0.1) is 0 Å². The number of hydrogen-bond donors (Lipinski definition) is 2. The third-order valence-corrected chi connectivity index (χ3v) is 8.58. The van der Waals surface area contributed by atoms with Gasteiger partial charge in [-0.25, -0.2) is 4.99 Å². The Morgan fingerprint density at radius 1 is 0.523 bits per heavy atom. The SMILES string of the molecule is c1ccc(C2=NC(c3ccc4oc5c(-c6ccccc6)cccc5c4c3)NC(c3cccc4c3oc3ccccc34)N2)cc1. The second-order valence-corrected chi connectivity index (χ2v) is 11.2. The van der Waals surface area contributed by atoms with Crippen molar-refractivity contribution in [2.75, 3.05) is 0 Å². The number of benzene rings is 6. The van der Waals surface area contributed by atoms with Crippen LogP contribution in [-0.4, -0.2) is 5.84 Å². The zero-order chi connectivity index (χ0) is 29.0. The van der Waals surface area contributed by atoms with Gasteiger partial charge >= 0.3 is 0 Å². The van der Waals surface area contributed by atoms with E-state index in [0.717, 1.165) is 77.5 Å². The summed E-state index contributed by atoms with van der Waals surface area (Å²) in [4.78, 5) is 5.19. The summed E-state index contributed by atoms with van der Waals surface area (Å²) in [5.41, 5.74) is 8.85. The first-order chi connectivity index (χ1) is 21.8. The monoisotopic (exact) mass is 569 g/mol. The van der Waals surface area contributed by atoms with Gasteiger partial charge in [-0.1, -0.05) is 121 Å². The highest BCUT2D eigenvalue weighted by Gasteiger charge is 2.28. The minimum atomic E-state index is -0.303. The molecule has 1 aliphatic rings. The van der Waals surface area contributed by atoms with Crippen LogP contribution in [0.4, 0.5) is 0 Å². The molecule has 2 unspecified atom stereocenters. The quantitative estimate of drug-likeness (QED) is 0.222. The van der Waals surface area contributed by atoms with Crippen LogP contribution in [0.15, 0.2) is 153 Å². The van der Waals surface area contributed by atoms with Crippen LogP contribution >= 0.6 is 0 Å². The Balaban J connectivity index is 1.18. The molecular formula is C39H27N3O2. The van der Waals surface area contributed by atoms with Crippen molar-refractivity contribution in [1.82, 2.24) is 10.6 Å². The average Bonchev–Trinajstić information content (AvgIpc) is 3.67. The molecule has 0 saturated carbocycles. The molecule has 210 valence electrons. The second kappa shape index (κ2) is 9.97. The molecule has 0 saturated heterocycles. The van der Waals surface area contributed by atoms with E-state index in [2.05, 4.69) is 114 Å². The van der Waals surface area contributed by atoms with Crippen molar-refractivity contribution >= 4 is 49.7 Å². The van der Waals surface area contributed by atoms with E-state index in [1.807, 2.05) is 36.4 Å². The topological polar surface area (TPSA) is 62.7 Å². The number of hydrogen-bond acceptors (Lipinski definition) is 5. The fraction of sp³-hybridized carbons (Fsp3) is 0.0513. The van der Waals surface area contributed by atoms with Gasteiger partial charge in [-0.05, 0) is 29.3 Å². The van der Waals surface area contributed by atoms with Gasteiger partial charge in [0, 0.05) is 38.2 Å². The lowest BCUT2D eigenvalue weighted by Crippen LogP contribution is -2.45. The Hall–Kier alpha value is -5.65. The second-order valence-electron chi connectivity index (χ2n) is 11.2. The normalized spacial score (nSPS) is 16.9. The van der Waals surface area contributed by atoms with E-state index in [0.29, 0.717) is 0 Å². The Labute approximate surface area is 253 Å². The standard InChI is InChI=1S/C39H27N3O2/c1-3-11-24(12-4-1)27-16-9-18-30-32-23-26(21-22-34(32)44-35(27)30)38-40-37(25-13-5-2-6-14-25)41-39(42-38)31-19-10-17-29-28-15-7-8-20-33(28)43-36(29)31/h1-23,38-39,42H,(H,40,41). The van der Waals surface area contributed by atoms with Crippen molar-refractivity contribution in [1.29, 1.82) is 0 Å². The summed E-state index contributed by atoms with van der Waals surface area (Å²) in [5, 5.41) is 11.8. The van der Waals surface area contributed by atoms with Gasteiger partial charge in [-0.3, -0.25) is 5.32 Å². The Kier molecular flexibility index (Phi) is 5.64. The van der Waals surface area contributed by atoms with Crippen molar-refractivity contribution < 1.29 is 8.83 Å². The first-order valence-electron chi connectivity index (χ1n) is 14.9. The number of rotatable bonds is 4. The fourth-order valence-electron chi connectivity index (χ4n) is 6.46. The molecule has 0 aliphatic carbocycles. The average molecular weight is 570 g/mol. The summed E-state index contributed by atoms with van der Waals surface area (Å²) in [7, 11) is 0. The number of furan rings is 2. The molecule has 2 atom stereocenters. The summed E-state index contributed by atoms with van der Waals surface area (Å²) >= 11 is 0. The smallest absolute Gasteiger partial charge is 0.143 e. The molecule has 6 aromatic carbocycles. The molecule has 2 N–H and O–H groups in total. The van der Waals surface area contributed by atoms with Crippen LogP contribution in [0.2, 0.25) is 0 Å². The lowest BCUT2D eigenvalue weighted by Gasteiger charge is -2.32. The van der Waals surface area contributed by atoms with Gasteiger partial charge in [0.1, 0.15) is 40.5 Å². The minimum absolute atomic E-state index is 0.238. The van der Waals surface area contributed by atoms with E-state index >= 15 is 0 Å². The van der Waals surface area contributed by atoms with Crippen molar-refractivity contribution in [3.05, 3.63) is 156 Å².